The number of hydrogen-bond acceptors (Lipinski definition) is 5. The van der Waals surface area contributed by atoms with Crippen molar-refractivity contribution >= 4 is 50.3 Å². The standard InChI is InChI=1S/C16H20BrN5O4/c1-8(23)15(24)21-11-6-19-14-12(11)13(10(17)5-18-14)22-4-2-3-9(7-22)20-16(25)26/h5-6,8-9,20,23H,2-4,7H2,1H3,(H,18,19)(H,21,24)(H,25,26). The van der Waals surface area contributed by atoms with Crippen LogP contribution >= 0.6 is 15.9 Å². The van der Waals surface area contributed by atoms with Crippen molar-refractivity contribution in [2.45, 2.75) is 31.9 Å². The maximum Gasteiger partial charge on any atom is 0.404 e. The van der Waals surface area contributed by atoms with E-state index in [1.807, 2.05) is 0 Å². The Kier molecular flexibility index (Phi) is 5.33. The first kappa shape index (κ1) is 18.5. The maximum absolute atomic E-state index is 11.9. The number of hydrogen-bond donors (Lipinski definition) is 5. The molecule has 1 saturated heterocycles. The van der Waals surface area contributed by atoms with Crippen LogP contribution in [0.2, 0.25) is 0 Å². The van der Waals surface area contributed by atoms with Crippen molar-refractivity contribution < 1.29 is 19.8 Å². The SMILES string of the molecule is CC(O)C(=O)Nc1c[nH]c2ncc(Br)c(N3CCCC(NC(=O)O)C3)c12. The van der Waals surface area contributed by atoms with Gasteiger partial charge in [-0.05, 0) is 35.7 Å². The molecular formula is C16H20BrN5O4. The molecule has 1 aliphatic heterocycles. The van der Waals surface area contributed by atoms with E-state index in [-0.39, 0.29) is 6.04 Å². The Balaban J connectivity index is 1.98. The molecule has 2 aromatic rings. The minimum atomic E-state index is -1.14. The van der Waals surface area contributed by atoms with Crippen LogP contribution < -0.4 is 15.5 Å². The summed E-state index contributed by atoms with van der Waals surface area (Å²) in [7, 11) is 0. The van der Waals surface area contributed by atoms with E-state index in [2.05, 4.69) is 41.4 Å². The zero-order chi connectivity index (χ0) is 18.8. The van der Waals surface area contributed by atoms with E-state index in [1.165, 1.54) is 6.92 Å². The Morgan fingerprint density at radius 3 is 2.96 bits per heavy atom. The number of carbonyl (C=O) groups is 2. The second kappa shape index (κ2) is 7.50. The van der Waals surface area contributed by atoms with Gasteiger partial charge in [-0.15, -0.1) is 0 Å². The lowest BCUT2D eigenvalue weighted by Gasteiger charge is -2.35. The number of aliphatic hydroxyl groups excluding tert-OH is 1. The van der Waals surface area contributed by atoms with Crippen LogP contribution in [-0.2, 0) is 4.79 Å². The van der Waals surface area contributed by atoms with E-state index < -0.39 is 18.1 Å². The number of anilines is 2. The topological polar surface area (TPSA) is 131 Å². The van der Waals surface area contributed by atoms with Gasteiger partial charge in [-0.2, -0.15) is 0 Å². The van der Waals surface area contributed by atoms with Crippen LogP contribution in [0.5, 0.6) is 0 Å². The summed E-state index contributed by atoms with van der Waals surface area (Å²) in [5.74, 6) is -0.513. The Hall–Kier alpha value is -2.33. The van der Waals surface area contributed by atoms with E-state index in [0.29, 0.717) is 23.3 Å². The number of aromatic amines is 1. The van der Waals surface area contributed by atoms with Crippen molar-refractivity contribution in [3.8, 4) is 0 Å². The minimum absolute atomic E-state index is 0.175. The number of rotatable bonds is 4. The molecule has 10 heteroatoms. The summed E-state index contributed by atoms with van der Waals surface area (Å²) in [6.45, 7) is 2.66. The smallest absolute Gasteiger partial charge is 0.404 e. The van der Waals surface area contributed by atoms with Gasteiger partial charge >= 0.3 is 6.09 Å². The lowest BCUT2D eigenvalue weighted by molar-refractivity contribution is -0.123. The third kappa shape index (κ3) is 3.75. The van der Waals surface area contributed by atoms with Crippen molar-refractivity contribution in [2.75, 3.05) is 23.3 Å². The molecule has 9 nitrogen and oxygen atoms in total. The average Bonchev–Trinajstić information content (AvgIpc) is 2.97. The van der Waals surface area contributed by atoms with Gasteiger partial charge in [0.25, 0.3) is 5.91 Å². The third-order valence-electron chi connectivity index (χ3n) is 4.33. The Morgan fingerprint density at radius 2 is 2.27 bits per heavy atom. The molecule has 26 heavy (non-hydrogen) atoms. The predicted molar refractivity (Wildman–Crippen MR) is 100 cm³/mol. The van der Waals surface area contributed by atoms with Gasteiger partial charge in [-0.1, -0.05) is 0 Å². The van der Waals surface area contributed by atoms with Crippen molar-refractivity contribution in [1.29, 1.82) is 0 Å². The number of halogens is 1. The van der Waals surface area contributed by atoms with Crippen LogP contribution in [0.4, 0.5) is 16.2 Å². The molecule has 0 bridgehead atoms. The molecule has 3 heterocycles. The number of nitrogens with one attached hydrogen (secondary N) is 3. The molecule has 3 rings (SSSR count). The van der Waals surface area contributed by atoms with E-state index in [0.717, 1.165) is 29.5 Å². The Labute approximate surface area is 157 Å². The van der Waals surface area contributed by atoms with Crippen molar-refractivity contribution in [2.24, 2.45) is 0 Å². The second-order valence-corrected chi connectivity index (χ2v) is 7.13. The number of nitrogens with zero attached hydrogens (tertiary/aromatic N) is 2. The summed E-state index contributed by atoms with van der Waals surface area (Å²) in [6.07, 6.45) is 2.73. The molecule has 0 aromatic carbocycles. The number of piperidine rings is 1. The van der Waals surface area contributed by atoms with Gasteiger partial charge in [0, 0.05) is 31.5 Å². The van der Waals surface area contributed by atoms with Crippen LogP contribution in [0.1, 0.15) is 19.8 Å². The van der Waals surface area contributed by atoms with Crippen molar-refractivity contribution in [3.05, 3.63) is 16.9 Å². The van der Waals surface area contributed by atoms with Gasteiger partial charge < -0.3 is 30.7 Å². The summed E-state index contributed by atoms with van der Waals surface area (Å²) in [5.41, 5.74) is 1.94. The van der Waals surface area contributed by atoms with E-state index in [4.69, 9.17) is 5.11 Å². The second-order valence-electron chi connectivity index (χ2n) is 6.28. The van der Waals surface area contributed by atoms with E-state index in [9.17, 15) is 14.7 Å². The molecule has 5 N–H and O–H groups in total. The monoisotopic (exact) mass is 425 g/mol. The van der Waals surface area contributed by atoms with E-state index in [1.54, 1.807) is 12.4 Å². The Bertz CT molecular complexity index is 837. The summed E-state index contributed by atoms with van der Waals surface area (Å²) >= 11 is 3.52. The van der Waals surface area contributed by atoms with Crippen molar-refractivity contribution in [1.82, 2.24) is 15.3 Å². The highest BCUT2D eigenvalue weighted by atomic mass is 79.9. The molecule has 0 radical (unpaired) electrons. The number of amides is 2. The summed E-state index contributed by atoms with van der Waals surface area (Å²) in [6, 6.07) is -0.175. The number of pyridine rings is 1. The van der Waals surface area contributed by atoms with Crippen LogP contribution in [0, 0.1) is 0 Å². The number of carbonyl (C=O) groups excluding carboxylic acids is 1. The molecular weight excluding hydrogens is 406 g/mol. The highest BCUT2D eigenvalue weighted by Gasteiger charge is 2.26. The third-order valence-corrected chi connectivity index (χ3v) is 4.91. The Morgan fingerprint density at radius 1 is 1.50 bits per heavy atom. The predicted octanol–water partition coefficient (Wildman–Crippen LogP) is 1.88. The molecule has 1 fully saturated rings. The normalized spacial score (nSPS) is 18.6. The number of carboxylic acid groups (broad SMARTS) is 1. The van der Waals surface area contributed by atoms with Gasteiger partial charge in [0.05, 0.1) is 21.2 Å². The fraction of sp³-hybridized carbons (Fsp3) is 0.438. The first-order valence-corrected chi connectivity index (χ1v) is 9.05. The summed E-state index contributed by atoms with van der Waals surface area (Å²) in [5, 5.41) is 24.4. The van der Waals surface area contributed by atoms with Gasteiger partial charge in [0.2, 0.25) is 0 Å². The van der Waals surface area contributed by atoms with E-state index >= 15 is 0 Å². The molecule has 2 unspecified atom stereocenters. The van der Waals surface area contributed by atoms with Gasteiger partial charge in [0.1, 0.15) is 11.8 Å². The largest absolute Gasteiger partial charge is 0.465 e. The lowest BCUT2D eigenvalue weighted by Crippen LogP contribution is -2.47. The van der Waals surface area contributed by atoms with Crippen LogP contribution in [0.15, 0.2) is 16.9 Å². The first-order chi connectivity index (χ1) is 12.4. The fourth-order valence-electron chi connectivity index (χ4n) is 3.17. The molecule has 0 aliphatic carbocycles. The molecule has 1 aliphatic rings. The molecule has 2 amide bonds. The summed E-state index contributed by atoms with van der Waals surface area (Å²) < 4.78 is 0.744. The van der Waals surface area contributed by atoms with Crippen LogP contribution in [0.25, 0.3) is 11.0 Å². The van der Waals surface area contributed by atoms with Gasteiger partial charge in [0.15, 0.2) is 0 Å². The number of H-pyrrole nitrogens is 1. The zero-order valence-corrected chi connectivity index (χ0v) is 15.7. The van der Waals surface area contributed by atoms with Crippen LogP contribution in [-0.4, -0.2) is 57.4 Å². The molecule has 0 saturated carbocycles. The highest BCUT2D eigenvalue weighted by Crippen LogP contribution is 2.38. The minimum Gasteiger partial charge on any atom is -0.465 e. The lowest BCUT2D eigenvalue weighted by atomic mass is 10.0. The van der Waals surface area contributed by atoms with Gasteiger partial charge in [-0.25, -0.2) is 9.78 Å². The number of fused-ring (bicyclic) bond motifs is 1. The molecule has 0 spiro atoms. The molecule has 2 atom stereocenters. The molecule has 140 valence electrons. The quantitative estimate of drug-likeness (QED) is 0.508. The van der Waals surface area contributed by atoms with Crippen molar-refractivity contribution in [3.63, 3.8) is 0 Å². The first-order valence-electron chi connectivity index (χ1n) is 8.25. The average molecular weight is 426 g/mol. The number of aliphatic hydroxyl groups is 1. The van der Waals surface area contributed by atoms with Crippen LogP contribution in [0.3, 0.4) is 0 Å². The maximum atomic E-state index is 11.9. The highest BCUT2D eigenvalue weighted by molar-refractivity contribution is 9.10. The summed E-state index contributed by atoms with van der Waals surface area (Å²) in [4.78, 5) is 32.3. The molecule has 2 aromatic heterocycles. The number of aromatic nitrogens is 2. The van der Waals surface area contributed by atoms with Gasteiger partial charge in [-0.3, -0.25) is 4.79 Å². The zero-order valence-electron chi connectivity index (χ0n) is 14.1. The fourth-order valence-corrected chi connectivity index (χ4v) is 3.72.